The van der Waals surface area contributed by atoms with Crippen LogP contribution in [-0.4, -0.2) is 28.4 Å². The van der Waals surface area contributed by atoms with Gasteiger partial charge in [0.2, 0.25) is 0 Å². The number of nitrogens with one attached hydrogen (secondary N) is 2. The molecule has 0 aliphatic carbocycles. The van der Waals surface area contributed by atoms with Crippen LogP contribution in [0.3, 0.4) is 0 Å². The Labute approximate surface area is 87.7 Å². The Morgan fingerprint density at radius 2 is 2.08 bits per heavy atom. The molecular formula is C7H16ClN2O2S-. The summed E-state index contributed by atoms with van der Waals surface area (Å²) >= 11 is -2.09. The lowest BCUT2D eigenvalue weighted by Gasteiger charge is -2.22. The second-order valence-electron chi connectivity index (χ2n) is 3.11. The van der Waals surface area contributed by atoms with Gasteiger partial charge in [0.25, 0.3) is 0 Å². The van der Waals surface area contributed by atoms with E-state index in [9.17, 15) is 8.76 Å². The van der Waals surface area contributed by atoms with E-state index < -0.39 is 11.3 Å². The summed E-state index contributed by atoms with van der Waals surface area (Å²) in [6, 6.07) is 0. The van der Waals surface area contributed by atoms with E-state index in [0.717, 1.165) is 19.5 Å². The molecule has 1 heterocycles. The molecule has 1 fully saturated rings. The third-order valence-corrected chi connectivity index (χ3v) is 2.67. The molecule has 13 heavy (non-hydrogen) atoms. The van der Waals surface area contributed by atoms with Gasteiger partial charge in [-0.1, -0.05) is 0 Å². The lowest BCUT2D eigenvalue weighted by molar-refractivity contribution is 0.354. The summed E-state index contributed by atoms with van der Waals surface area (Å²) in [5.74, 6) is 0.697. The molecular weight excluding hydrogens is 212 g/mol. The highest BCUT2D eigenvalue weighted by Gasteiger charge is 2.11. The molecule has 0 aromatic heterocycles. The monoisotopic (exact) mass is 227 g/mol. The summed E-state index contributed by atoms with van der Waals surface area (Å²) in [6.07, 6.45) is 3.32. The van der Waals surface area contributed by atoms with Gasteiger partial charge < -0.3 is 9.87 Å². The van der Waals surface area contributed by atoms with E-state index in [2.05, 4.69) is 10.0 Å². The Bertz CT molecular complexity index is 153. The second kappa shape index (κ2) is 7.70. The van der Waals surface area contributed by atoms with E-state index in [-0.39, 0.29) is 12.4 Å². The van der Waals surface area contributed by atoms with Crippen LogP contribution < -0.4 is 10.0 Å². The smallest absolute Gasteiger partial charge is 0.0181 e. The summed E-state index contributed by atoms with van der Waals surface area (Å²) in [5, 5.41) is 3.27. The van der Waals surface area contributed by atoms with Crippen molar-refractivity contribution in [3.63, 3.8) is 0 Å². The van der Waals surface area contributed by atoms with E-state index in [1.807, 2.05) is 0 Å². The molecule has 0 aromatic carbocycles. The fourth-order valence-corrected chi connectivity index (χ4v) is 1.80. The predicted molar refractivity (Wildman–Crippen MR) is 54.4 cm³/mol. The van der Waals surface area contributed by atoms with E-state index in [0.29, 0.717) is 12.5 Å². The molecule has 6 heteroatoms. The van der Waals surface area contributed by atoms with Crippen LogP contribution in [0.5, 0.6) is 0 Å². The van der Waals surface area contributed by atoms with Gasteiger partial charge in [-0.25, -0.2) is 4.72 Å². The van der Waals surface area contributed by atoms with Crippen molar-refractivity contribution in [3.05, 3.63) is 0 Å². The van der Waals surface area contributed by atoms with Crippen molar-refractivity contribution in [2.75, 3.05) is 19.6 Å². The number of rotatable bonds is 4. The van der Waals surface area contributed by atoms with Crippen LogP contribution in [0.1, 0.15) is 19.3 Å². The lowest BCUT2D eigenvalue weighted by atomic mass is 9.95. The Morgan fingerprint density at radius 1 is 1.46 bits per heavy atom. The van der Waals surface area contributed by atoms with Crippen LogP contribution in [-0.2, 0) is 11.3 Å². The van der Waals surface area contributed by atoms with Crippen molar-refractivity contribution < 1.29 is 8.76 Å². The van der Waals surface area contributed by atoms with Crippen LogP contribution >= 0.6 is 12.4 Å². The Kier molecular flexibility index (Phi) is 7.89. The van der Waals surface area contributed by atoms with Gasteiger partial charge in [-0.15, -0.1) is 12.4 Å². The van der Waals surface area contributed by atoms with E-state index >= 15 is 0 Å². The number of hydrogen-bond acceptors (Lipinski definition) is 3. The maximum absolute atomic E-state index is 10.1. The molecule has 0 saturated carbocycles. The van der Waals surface area contributed by atoms with E-state index in [1.54, 1.807) is 0 Å². The minimum absolute atomic E-state index is 0. The third kappa shape index (κ3) is 6.40. The predicted octanol–water partition coefficient (Wildman–Crippen LogP) is 0.182. The molecule has 1 aliphatic rings. The van der Waals surface area contributed by atoms with Gasteiger partial charge >= 0.3 is 0 Å². The maximum atomic E-state index is 10.1. The first-order valence-electron chi connectivity index (χ1n) is 4.32. The summed E-state index contributed by atoms with van der Waals surface area (Å²) in [5.41, 5.74) is 0. The summed E-state index contributed by atoms with van der Waals surface area (Å²) < 4.78 is 22.6. The van der Waals surface area contributed by atoms with Gasteiger partial charge in [0.15, 0.2) is 0 Å². The van der Waals surface area contributed by atoms with Crippen LogP contribution in [0, 0.1) is 5.92 Å². The van der Waals surface area contributed by atoms with Gasteiger partial charge in [0.05, 0.1) is 0 Å². The van der Waals surface area contributed by atoms with Crippen LogP contribution in [0.15, 0.2) is 0 Å². The van der Waals surface area contributed by atoms with Crippen LogP contribution in [0.2, 0.25) is 0 Å². The van der Waals surface area contributed by atoms with Gasteiger partial charge in [-0.3, -0.25) is 4.21 Å². The number of halogens is 1. The molecule has 80 valence electrons. The molecule has 1 aliphatic heterocycles. The Hall–Kier alpha value is 0.320. The van der Waals surface area contributed by atoms with Crippen molar-refractivity contribution in [2.45, 2.75) is 19.3 Å². The fourth-order valence-electron chi connectivity index (χ4n) is 1.52. The highest BCUT2D eigenvalue weighted by atomic mass is 35.5. The van der Waals surface area contributed by atoms with Crippen molar-refractivity contribution in [1.82, 2.24) is 10.0 Å². The number of piperidine rings is 1. The molecule has 1 rings (SSSR count). The lowest BCUT2D eigenvalue weighted by Crippen LogP contribution is -2.30. The zero-order chi connectivity index (χ0) is 8.81. The molecule has 4 nitrogen and oxygen atoms in total. The first-order valence-corrected chi connectivity index (χ1v) is 5.40. The number of hydrogen-bond donors (Lipinski definition) is 2. The quantitative estimate of drug-likeness (QED) is 0.674. The SMILES string of the molecule is Cl.O=S([O-])NCCC1CCNCC1. The van der Waals surface area contributed by atoms with Crippen molar-refractivity contribution in [3.8, 4) is 0 Å². The Morgan fingerprint density at radius 3 is 2.62 bits per heavy atom. The topological polar surface area (TPSA) is 64.2 Å². The van der Waals surface area contributed by atoms with E-state index in [4.69, 9.17) is 0 Å². The average Bonchev–Trinajstić information content (AvgIpc) is 2.05. The average molecular weight is 228 g/mol. The standard InChI is InChI=1S/C7H16N2O2S.ClH/c10-12(11)9-6-3-7-1-4-8-5-2-7;/h7-9H,1-6H2,(H,10,11);1H/p-1. The molecule has 1 saturated heterocycles. The first kappa shape index (κ1) is 13.3. The normalized spacial score (nSPS) is 20.7. The molecule has 1 atom stereocenters. The maximum Gasteiger partial charge on any atom is 0.0181 e. The largest absolute Gasteiger partial charge is 0.760 e. The van der Waals surface area contributed by atoms with Crippen molar-refractivity contribution in [2.24, 2.45) is 5.92 Å². The molecule has 2 N–H and O–H groups in total. The van der Waals surface area contributed by atoms with Crippen LogP contribution in [0.4, 0.5) is 0 Å². The van der Waals surface area contributed by atoms with Crippen LogP contribution in [0.25, 0.3) is 0 Å². The van der Waals surface area contributed by atoms with Gasteiger partial charge in [0, 0.05) is 17.8 Å². The minimum atomic E-state index is -2.09. The van der Waals surface area contributed by atoms with E-state index in [1.165, 1.54) is 12.8 Å². The molecule has 0 amide bonds. The minimum Gasteiger partial charge on any atom is -0.760 e. The Balaban J connectivity index is 0.00000144. The molecule has 0 spiro atoms. The third-order valence-electron chi connectivity index (χ3n) is 2.23. The fraction of sp³-hybridized carbons (Fsp3) is 1.00. The summed E-state index contributed by atoms with van der Waals surface area (Å²) in [7, 11) is 0. The van der Waals surface area contributed by atoms with Gasteiger partial charge in [0.1, 0.15) is 0 Å². The second-order valence-corrected chi connectivity index (χ2v) is 3.87. The highest BCUT2D eigenvalue weighted by molar-refractivity contribution is 7.77. The molecule has 0 bridgehead atoms. The summed E-state index contributed by atoms with van der Waals surface area (Å²) in [4.78, 5) is 0. The summed E-state index contributed by atoms with van der Waals surface area (Å²) in [6.45, 7) is 2.73. The van der Waals surface area contributed by atoms with Gasteiger partial charge in [-0.2, -0.15) is 0 Å². The molecule has 1 unspecified atom stereocenters. The van der Waals surface area contributed by atoms with Gasteiger partial charge in [-0.05, 0) is 38.3 Å². The molecule has 0 radical (unpaired) electrons. The van der Waals surface area contributed by atoms with Crippen molar-refractivity contribution >= 4 is 23.7 Å². The van der Waals surface area contributed by atoms with Crippen molar-refractivity contribution in [1.29, 1.82) is 0 Å². The molecule has 0 aromatic rings. The first-order chi connectivity index (χ1) is 5.79. The highest BCUT2D eigenvalue weighted by Crippen LogP contribution is 2.14. The zero-order valence-electron chi connectivity index (χ0n) is 7.45. The zero-order valence-corrected chi connectivity index (χ0v) is 9.09.